The molecule has 3 nitrogen and oxygen atoms in total. The molecule has 3 rings (SSSR count). The number of ether oxygens (including phenoxy) is 2. The van der Waals surface area contributed by atoms with Crippen molar-refractivity contribution in [3.63, 3.8) is 0 Å². The Labute approximate surface area is 107 Å². The van der Waals surface area contributed by atoms with Crippen LogP contribution < -0.4 is 10.1 Å². The van der Waals surface area contributed by atoms with Crippen molar-refractivity contribution in [2.75, 3.05) is 26.9 Å². The molecule has 2 aromatic rings. The number of hydrogen-bond acceptors (Lipinski definition) is 3. The highest BCUT2D eigenvalue weighted by molar-refractivity contribution is 5.88. The lowest BCUT2D eigenvalue weighted by Gasteiger charge is -2.26. The van der Waals surface area contributed by atoms with Gasteiger partial charge in [-0.15, -0.1) is 0 Å². The molecule has 1 atom stereocenters. The molecule has 1 fully saturated rings. The minimum atomic E-state index is 0.208. The van der Waals surface area contributed by atoms with Crippen molar-refractivity contribution in [1.82, 2.24) is 5.32 Å². The summed E-state index contributed by atoms with van der Waals surface area (Å²) in [6.07, 6.45) is 0. The summed E-state index contributed by atoms with van der Waals surface area (Å²) in [5.41, 5.74) is 1.20. The summed E-state index contributed by atoms with van der Waals surface area (Å²) in [7, 11) is 1.72. The number of hydrogen-bond donors (Lipinski definition) is 1. The van der Waals surface area contributed by atoms with Crippen LogP contribution in [0, 0.1) is 0 Å². The minimum Gasteiger partial charge on any atom is -0.496 e. The lowest BCUT2D eigenvalue weighted by atomic mass is 9.97. The van der Waals surface area contributed by atoms with Crippen LogP contribution in [0.15, 0.2) is 36.4 Å². The van der Waals surface area contributed by atoms with Gasteiger partial charge in [-0.25, -0.2) is 0 Å². The second kappa shape index (κ2) is 4.96. The number of benzene rings is 2. The monoisotopic (exact) mass is 243 g/mol. The van der Waals surface area contributed by atoms with Gasteiger partial charge in [0.15, 0.2) is 0 Å². The van der Waals surface area contributed by atoms with E-state index in [1.165, 1.54) is 16.3 Å². The summed E-state index contributed by atoms with van der Waals surface area (Å²) in [6.45, 7) is 2.37. The smallest absolute Gasteiger partial charge is 0.124 e. The van der Waals surface area contributed by atoms with E-state index in [4.69, 9.17) is 9.47 Å². The fraction of sp³-hybridized carbons (Fsp3) is 0.333. The van der Waals surface area contributed by atoms with Crippen molar-refractivity contribution in [1.29, 1.82) is 0 Å². The Hall–Kier alpha value is -1.58. The highest BCUT2D eigenvalue weighted by Gasteiger charge is 2.21. The van der Waals surface area contributed by atoms with E-state index in [1.807, 2.05) is 6.07 Å². The van der Waals surface area contributed by atoms with E-state index in [-0.39, 0.29) is 6.04 Å². The molecule has 0 bridgehead atoms. The van der Waals surface area contributed by atoms with Gasteiger partial charge < -0.3 is 14.8 Å². The molecule has 0 radical (unpaired) electrons. The van der Waals surface area contributed by atoms with Crippen molar-refractivity contribution in [3.8, 4) is 5.75 Å². The molecular formula is C15H17NO2. The van der Waals surface area contributed by atoms with Crippen LogP contribution in [0.5, 0.6) is 5.75 Å². The van der Waals surface area contributed by atoms with Gasteiger partial charge in [-0.1, -0.05) is 30.3 Å². The summed E-state index contributed by atoms with van der Waals surface area (Å²) in [5, 5.41) is 5.97. The summed E-state index contributed by atoms with van der Waals surface area (Å²) < 4.78 is 11.1. The molecule has 0 saturated carbocycles. The summed E-state index contributed by atoms with van der Waals surface area (Å²) >= 11 is 0. The third-order valence-electron chi connectivity index (χ3n) is 3.42. The van der Waals surface area contributed by atoms with Gasteiger partial charge in [-0.3, -0.25) is 0 Å². The van der Waals surface area contributed by atoms with Crippen LogP contribution in [0.1, 0.15) is 11.6 Å². The Bertz CT molecular complexity index is 547. The van der Waals surface area contributed by atoms with E-state index in [1.54, 1.807) is 7.11 Å². The summed E-state index contributed by atoms with van der Waals surface area (Å²) in [6, 6.07) is 12.7. The van der Waals surface area contributed by atoms with Gasteiger partial charge in [0.2, 0.25) is 0 Å². The molecule has 1 N–H and O–H groups in total. The molecule has 0 spiro atoms. The lowest BCUT2D eigenvalue weighted by molar-refractivity contribution is 0.0765. The number of rotatable bonds is 2. The van der Waals surface area contributed by atoms with Gasteiger partial charge >= 0.3 is 0 Å². The van der Waals surface area contributed by atoms with Crippen LogP contribution in [-0.4, -0.2) is 26.9 Å². The number of nitrogens with one attached hydrogen (secondary N) is 1. The highest BCUT2D eigenvalue weighted by Crippen LogP contribution is 2.33. The molecule has 1 saturated heterocycles. The first-order valence-electron chi connectivity index (χ1n) is 6.27. The van der Waals surface area contributed by atoms with Crippen molar-refractivity contribution < 1.29 is 9.47 Å². The van der Waals surface area contributed by atoms with Gasteiger partial charge in [0, 0.05) is 12.1 Å². The van der Waals surface area contributed by atoms with Crippen LogP contribution in [0.3, 0.4) is 0 Å². The number of methoxy groups -OCH3 is 1. The first-order valence-corrected chi connectivity index (χ1v) is 6.27. The predicted molar refractivity (Wildman–Crippen MR) is 72.1 cm³/mol. The molecule has 2 aromatic carbocycles. The molecule has 1 heterocycles. The third-order valence-corrected chi connectivity index (χ3v) is 3.42. The zero-order valence-electron chi connectivity index (χ0n) is 10.5. The van der Waals surface area contributed by atoms with E-state index in [0.717, 1.165) is 18.9 Å². The first-order chi connectivity index (χ1) is 8.90. The van der Waals surface area contributed by atoms with Crippen LogP contribution in [0.25, 0.3) is 10.8 Å². The highest BCUT2D eigenvalue weighted by atomic mass is 16.5. The Balaban J connectivity index is 2.16. The Morgan fingerprint density at radius 2 is 2.11 bits per heavy atom. The zero-order valence-corrected chi connectivity index (χ0v) is 10.5. The van der Waals surface area contributed by atoms with Crippen molar-refractivity contribution in [3.05, 3.63) is 42.0 Å². The van der Waals surface area contributed by atoms with E-state index >= 15 is 0 Å². The van der Waals surface area contributed by atoms with Gasteiger partial charge in [-0.05, 0) is 16.8 Å². The van der Waals surface area contributed by atoms with Crippen molar-refractivity contribution in [2.24, 2.45) is 0 Å². The third kappa shape index (κ3) is 1.96. The fourth-order valence-corrected chi connectivity index (χ4v) is 2.56. The normalized spacial score (nSPS) is 19.9. The Kier molecular flexibility index (Phi) is 3.17. The maximum atomic E-state index is 5.57. The molecule has 1 aliphatic rings. The second-order valence-corrected chi connectivity index (χ2v) is 4.48. The first kappa shape index (κ1) is 11.5. The molecular weight excluding hydrogens is 226 g/mol. The largest absolute Gasteiger partial charge is 0.496 e. The van der Waals surface area contributed by atoms with Crippen LogP contribution in [0.4, 0.5) is 0 Å². The predicted octanol–water partition coefficient (Wildman–Crippen LogP) is 2.51. The van der Waals surface area contributed by atoms with Crippen molar-refractivity contribution in [2.45, 2.75) is 6.04 Å². The lowest BCUT2D eigenvalue weighted by Crippen LogP contribution is -2.34. The fourth-order valence-electron chi connectivity index (χ4n) is 2.56. The van der Waals surface area contributed by atoms with E-state index in [0.29, 0.717) is 6.61 Å². The van der Waals surface area contributed by atoms with E-state index in [9.17, 15) is 0 Å². The topological polar surface area (TPSA) is 30.5 Å². The average molecular weight is 243 g/mol. The summed E-state index contributed by atoms with van der Waals surface area (Å²) in [4.78, 5) is 0. The SMILES string of the molecule is COc1ccc2ccccc2c1[C@H]1COCCN1. The average Bonchev–Trinajstić information content (AvgIpc) is 2.47. The van der Waals surface area contributed by atoms with E-state index < -0.39 is 0 Å². The molecule has 1 aliphatic heterocycles. The molecule has 0 amide bonds. The molecule has 18 heavy (non-hydrogen) atoms. The molecule has 94 valence electrons. The van der Waals surface area contributed by atoms with Gasteiger partial charge in [0.05, 0.1) is 26.4 Å². The Morgan fingerprint density at radius 3 is 2.89 bits per heavy atom. The molecule has 0 aromatic heterocycles. The van der Waals surface area contributed by atoms with Crippen LogP contribution in [-0.2, 0) is 4.74 Å². The van der Waals surface area contributed by atoms with Crippen molar-refractivity contribution >= 4 is 10.8 Å². The van der Waals surface area contributed by atoms with E-state index in [2.05, 4.69) is 35.6 Å². The number of morpholine rings is 1. The zero-order chi connectivity index (χ0) is 12.4. The molecule has 0 unspecified atom stereocenters. The van der Waals surface area contributed by atoms with Gasteiger partial charge in [0.25, 0.3) is 0 Å². The minimum absolute atomic E-state index is 0.208. The quantitative estimate of drug-likeness (QED) is 0.879. The molecule has 0 aliphatic carbocycles. The Morgan fingerprint density at radius 1 is 1.22 bits per heavy atom. The number of fused-ring (bicyclic) bond motifs is 1. The van der Waals surface area contributed by atoms with Gasteiger partial charge in [-0.2, -0.15) is 0 Å². The maximum absolute atomic E-state index is 5.57. The second-order valence-electron chi connectivity index (χ2n) is 4.48. The maximum Gasteiger partial charge on any atom is 0.124 e. The summed E-state index contributed by atoms with van der Waals surface area (Å²) in [5.74, 6) is 0.928. The van der Waals surface area contributed by atoms with Crippen LogP contribution >= 0.6 is 0 Å². The molecule has 3 heteroatoms. The van der Waals surface area contributed by atoms with Crippen LogP contribution in [0.2, 0.25) is 0 Å². The van der Waals surface area contributed by atoms with Gasteiger partial charge in [0.1, 0.15) is 5.75 Å². The standard InChI is InChI=1S/C15H17NO2/c1-17-14-7-6-11-4-2-3-5-12(11)15(14)13-10-18-9-8-16-13/h2-7,13,16H,8-10H2,1H3/t13-/m1/s1.